The molecule has 31 heavy (non-hydrogen) atoms. The van der Waals surface area contributed by atoms with Gasteiger partial charge in [0.1, 0.15) is 0 Å². The van der Waals surface area contributed by atoms with Crippen molar-refractivity contribution in [1.82, 2.24) is 9.80 Å². The Morgan fingerprint density at radius 3 is 2.26 bits per heavy atom. The van der Waals surface area contributed by atoms with E-state index in [1.807, 2.05) is 30.5 Å². The molecule has 7 heteroatoms. The Morgan fingerprint density at radius 2 is 1.65 bits per heavy atom. The first-order valence-electron chi connectivity index (χ1n) is 9.94. The molecule has 1 heterocycles. The molecule has 1 N–H and O–H groups in total. The Kier molecular flexibility index (Phi) is 7.20. The van der Waals surface area contributed by atoms with Crippen LogP contribution in [0, 0.1) is 0 Å². The molecule has 0 saturated carbocycles. The molecule has 0 bridgehead atoms. The zero-order chi connectivity index (χ0) is 22.4. The largest absolute Gasteiger partial charge is 0.345 e. The number of amides is 3. The Bertz CT molecular complexity index is 1060. The molecular weight excluding hydrogens is 410 g/mol. The molecule has 0 radical (unpaired) electrons. The maximum Gasteiger partial charge on any atom is 0.265 e. The number of nitrogens with one attached hydrogen (secondary N) is 1. The minimum absolute atomic E-state index is 0.0589. The van der Waals surface area contributed by atoms with E-state index in [4.69, 9.17) is 0 Å². The Balaban J connectivity index is 1.70. The molecule has 6 nitrogen and oxygen atoms in total. The molecule has 0 aliphatic heterocycles. The van der Waals surface area contributed by atoms with Crippen LogP contribution in [0.1, 0.15) is 42.9 Å². The van der Waals surface area contributed by atoms with Gasteiger partial charge >= 0.3 is 0 Å². The lowest BCUT2D eigenvalue weighted by Crippen LogP contribution is -2.30. The first kappa shape index (κ1) is 22.2. The molecular formula is C24H25N3O3S. The second-order valence-corrected chi connectivity index (χ2v) is 8.18. The third-order valence-corrected chi connectivity index (χ3v) is 5.63. The van der Waals surface area contributed by atoms with Crippen LogP contribution in [0.25, 0.3) is 0 Å². The zero-order valence-corrected chi connectivity index (χ0v) is 18.6. The van der Waals surface area contributed by atoms with Crippen molar-refractivity contribution in [2.45, 2.75) is 13.5 Å². The van der Waals surface area contributed by atoms with Crippen molar-refractivity contribution in [2.75, 3.05) is 26.0 Å². The summed E-state index contributed by atoms with van der Waals surface area (Å²) in [5.74, 6) is -0.376. The van der Waals surface area contributed by atoms with Crippen molar-refractivity contribution in [1.29, 1.82) is 0 Å². The number of carbonyl (C=O) groups excluding carboxylic acids is 3. The standard InChI is InChI=1S/C24H25N3O3S/c1-4-27(16-17-10-12-18(13-11-17)23(29)26(2)3)24(30)19-7-5-8-20(15-19)25-22(28)21-9-6-14-31-21/h5-15H,4,16H2,1-3H3,(H,25,28). The van der Waals surface area contributed by atoms with Crippen molar-refractivity contribution in [3.05, 3.63) is 87.6 Å². The number of rotatable bonds is 7. The highest BCUT2D eigenvalue weighted by atomic mass is 32.1. The molecule has 3 rings (SSSR count). The fourth-order valence-corrected chi connectivity index (χ4v) is 3.69. The van der Waals surface area contributed by atoms with Crippen LogP contribution in [0.5, 0.6) is 0 Å². The minimum atomic E-state index is -0.195. The third-order valence-electron chi connectivity index (χ3n) is 4.76. The number of thiophene rings is 1. The van der Waals surface area contributed by atoms with Crippen LogP contribution in [0.4, 0.5) is 5.69 Å². The maximum absolute atomic E-state index is 13.1. The van der Waals surface area contributed by atoms with E-state index in [1.165, 1.54) is 16.2 Å². The van der Waals surface area contributed by atoms with Crippen molar-refractivity contribution in [2.24, 2.45) is 0 Å². The normalized spacial score (nSPS) is 10.4. The molecule has 0 spiro atoms. The number of nitrogens with zero attached hydrogens (tertiary/aromatic N) is 2. The predicted molar refractivity (Wildman–Crippen MR) is 124 cm³/mol. The van der Waals surface area contributed by atoms with Gasteiger partial charge in [0.25, 0.3) is 17.7 Å². The maximum atomic E-state index is 13.1. The molecule has 0 fully saturated rings. The molecule has 0 aliphatic carbocycles. The van der Waals surface area contributed by atoms with Gasteiger partial charge in [-0.15, -0.1) is 11.3 Å². The predicted octanol–water partition coefficient (Wildman–Crippen LogP) is 4.36. The topological polar surface area (TPSA) is 69.7 Å². The van der Waals surface area contributed by atoms with Gasteiger partial charge < -0.3 is 15.1 Å². The van der Waals surface area contributed by atoms with Crippen LogP contribution in [-0.2, 0) is 6.54 Å². The lowest BCUT2D eigenvalue weighted by atomic mass is 10.1. The molecule has 0 saturated heterocycles. The van der Waals surface area contributed by atoms with E-state index >= 15 is 0 Å². The van der Waals surface area contributed by atoms with Crippen molar-refractivity contribution in [3.63, 3.8) is 0 Å². The first-order chi connectivity index (χ1) is 14.9. The zero-order valence-electron chi connectivity index (χ0n) is 17.8. The fraction of sp³-hybridized carbons (Fsp3) is 0.208. The highest BCUT2D eigenvalue weighted by molar-refractivity contribution is 7.12. The van der Waals surface area contributed by atoms with Gasteiger partial charge in [-0.3, -0.25) is 14.4 Å². The molecule has 0 unspecified atom stereocenters. The summed E-state index contributed by atoms with van der Waals surface area (Å²) in [5.41, 5.74) is 2.63. The van der Waals surface area contributed by atoms with Gasteiger partial charge in [0.15, 0.2) is 0 Å². The molecule has 2 aromatic carbocycles. The Hall–Kier alpha value is -3.45. The minimum Gasteiger partial charge on any atom is -0.345 e. The number of hydrogen-bond donors (Lipinski definition) is 1. The summed E-state index contributed by atoms with van der Waals surface area (Å²) >= 11 is 1.36. The van der Waals surface area contributed by atoms with E-state index in [0.717, 1.165) is 5.56 Å². The highest BCUT2D eigenvalue weighted by Gasteiger charge is 2.16. The smallest absolute Gasteiger partial charge is 0.265 e. The van der Waals surface area contributed by atoms with E-state index in [0.29, 0.717) is 34.8 Å². The first-order valence-corrected chi connectivity index (χ1v) is 10.8. The van der Waals surface area contributed by atoms with Gasteiger partial charge in [0.2, 0.25) is 0 Å². The summed E-state index contributed by atoms with van der Waals surface area (Å²) in [4.78, 5) is 41.3. The van der Waals surface area contributed by atoms with E-state index in [-0.39, 0.29) is 17.7 Å². The lowest BCUT2D eigenvalue weighted by molar-refractivity contribution is 0.0751. The number of hydrogen-bond acceptors (Lipinski definition) is 4. The van der Waals surface area contributed by atoms with Crippen LogP contribution >= 0.6 is 11.3 Å². The quantitative estimate of drug-likeness (QED) is 0.599. The Labute approximate surface area is 186 Å². The van der Waals surface area contributed by atoms with Gasteiger partial charge in [0.05, 0.1) is 4.88 Å². The van der Waals surface area contributed by atoms with Crippen molar-refractivity contribution in [3.8, 4) is 0 Å². The van der Waals surface area contributed by atoms with Crippen molar-refractivity contribution >= 4 is 34.7 Å². The summed E-state index contributed by atoms with van der Waals surface area (Å²) < 4.78 is 0. The third kappa shape index (κ3) is 5.58. The fourth-order valence-electron chi connectivity index (χ4n) is 3.07. The molecule has 3 amide bonds. The van der Waals surface area contributed by atoms with Gasteiger partial charge in [-0.2, -0.15) is 0 Å². The van der Waals surface area contributed by atoms with Gasteiger partial charge in [0, 0.05) is 44.0 Å². The number of benzene rings is 2. The number of carbonyl (C=O) groups is 3. The van der Waals surface area contributed by atoms with Crippen molar-refractivity contribution < 1.29 is 14.4 Å². The molecule has 0 aliphatic rings. The highest BCUT2D eigenvalue weighted by Crippen LogP contribution is 2.17. The monoisotopic (exact) mass is 435 g/mol. The van der Waals surface area contributed by atoms with E-state index in [1.54, 1.807) is 61.5 Å². The SMILES string of the molecule is CCN(Cc1ccc(C(=O)N(C)C)cc1)C(=O)c1cccc(NC(=O)c2cccs2)c1. The molecule has 1 aromatic heterocycles. The van der Waals surface area contributed by atoms with Gasteiger partial charge in [-0.1, -0.05) is 24.3 Å². The average Bonchev–Trinajstić information content (AvgIpc) is 3.32. The summed E-state index contributed by atoms with van der Waals surface area (Å²) in [7, 11) is 3.43. The van der Waals surface area contributed by atoms with Crippen LogP contribution in [0.3, 0.4) is 0 Å². The van der Waals surface area contributed by atoms with Gasteiger partial charge in [-0.25, -0.2) is 0 Å². The van der Waals surface area contributed by atoms with E-state index in [9.17, 15) is 14.4 Å². The van der Waals surface area contributed by atoms with Crippen LogP contribution in [-0.4, -0.2) is 48.2 Å². The number of anilines is 1. The van der Waals surface area contributed by atoms with Crippen LogP contribution in [0.2, 0.25) is 0 Å². The Morgan fingerprint density at radius 1 is 0.903 bits per heavy atom. The summed E-state index contributed by atoms with van der Waals surface area (Å²) in [5, 5.41) is 4.68. The van der Waals surface area contributed by atoms with Crippen LogP contribution < -0.4 is 5.32 Å². The lowest BCUT2D eigenvalue weighted by Gasteiger charge is -2.21. The second kappa shape index (κ2) is 10.0. The van der Waals surface area contributed by atoms with Crippen LogP contribution in [0.15, 0.2) is 66.0 Å². The summed E-state index contributed by atoms with van der Waals surface area (Å²) in [6, 6.07) is 17.8. The van der Waals surface area contributed by atoms with Gasteiger partial charge in [-0.05, 0) is 54.3 Å². The average molecular weight is 436 g/mol. The van der Waals surface area contributed by atoms with E-state index in [2.05, 4.69) is 5.32 Å². The summed E-state index contributed by atoms with van der Waals surface area (Å²) in [6.45, 7) is 2.88. The van der Waals surface area contributed by atoms with E-state index < -0.39 is 0 Å². The molecule has 0 atom stereocenters. The second-order valence-electron chi connectivity index (χ2n) is 7.23. The molecule has 3 aromatic rings. The summed E-state index contributed by atoms with van der Waals surface area (Å²) in [6.07, 6.45) is 0. The molecule has 160 valence electrons.